The van der Waals surface area contributed by atoms with Crippen LogP contribution < -0.4 is 5.32 Å². The van der Waals surface area contributed by atoms with E-state index in [4.69, 9.17) is 4.42 Å². The number of nitrogens with zero attached hydrogens (tertiary/aromatic N) is 3. The topological polar surface area (TPSA) is 73.0 Å². The van der Waals surface area contributed by atoms with Gasteiger partial charge in [-0.25, -0.2) is 0 Å². The molecule has 146 valence electrons. The van der Waals surface area contributed by atoms with Crippen LogP contribution in [-0.2, 0) is 11.3 Å². The molecular weight excluding hydrogens is 372 g/mol. The van der Waals surface area contributed by atoms with E-state index >= 15 is 0 Å². The second kappa shape index (κ2) is 8.65. The Balaban J connectivity index is 1.53. The van der Waals surface area contributed by atoms with E-state index in [-0.39, 0.29) is 5.91 Å². The average molecular weight is 397 g/mol. The number of amides is 1. The lowest BCUT2D eigenvalue weighted by Gasteiger charge is -2.12. The van der Waals surface area contributed by atoms with E-state index in [1.165, 1.54) is 24.6 Å². The normalized spacial score (nSPS) is 14.5. The minimum atomic E-state index is 0.0570. The Morgan fingerprint density at radius 3 is 2.86 bits per heavy atom. The molecule has 7 heteroatoms. The highest BCUT2D eigenvalue weighted by Gasteiger charge is 2.20. The van der Waals surface area contributed by atoms with Crippen molar-refractivity contribution in [1.82, 2.24) is 20.1 Å². The SMILES string of the molecule is Cc1cccc(-c2nnc(SCC(=O)NC3CCCC3)n2Cc2ccco2)c1. The first-order valence-electron chi connectivity index (χ1n) is 9.64. The van der Waals surface area contributed by atoms with Gasteiger partial charge in [0, 0.05) is 11.6 Å². The highest BCUT2D eigenvalue weighted by atomic mass is 32.2. The van der Waals surface area contributed by atoms with Crippen LogP contribution in [0.3, 0.4) is 0 Å². The van der Waals surface area contributed by atoms with Crippen molar-refractivity contribution < 1.29 is 9.21 Å². The first kappa shape index (κ1) is 18.8. The van der Waals surface area contributed by atoms with Gasteiger partial charge in [0.05, 0.1) is 18.6 Å². The van der Waals surface area contributed by atoms with Crippen molar-refractivity contribution in [2.45, 2.75) is 50.4 Å². The van der Waals surface area contributed by atoms with Gasteiger partial charge < -0.3 is 9.73 Å². The van der Waals surface area contributed by atoms with Crippen molar-refractivity contribution in [2.75, 3.05) is 5.75 Å². The maximum atomic E-state index is 12.3. The fourth-order valence-corrected chi connectivity index (χ4v) is 4.31. The highest BCUT2D eigenvalue weighted by Crippen LogP contribution is 2.26. The molecule has 0 radical (unpaired) electrons. The van der Waals surface area contributed by atoms with Gasteiger partial charge in [0.15, 0.2) is 11.0 Å². The lowest BCUT2D eigenvalue weighted by Crippen LogP contribution is -2.33. The molecule has 2 aromatic heterocycles. The molecule has 2 heterocycles. The minimum absolute atomic E-state index is 0.0570. The van der Waals surface area contributed by atoms with Crippen LogP contribution >= 0.6 is 11.8 Å². The van der Waals surface area contributed by atoms with Crippen LogP contribution in [-0.4, -0.2) is 32.5 Å². The van der Waals surface area contributed by atoms with Gasteiger partial charge in [0.2, 0.25) is 5.91 Å². The smallest absolute Gasteiger partial charge is 0.230 e. The highest BCUT2D eigenvalue weighted by molar-refractivity contribution is 7.99. The van der Waals surface area contributed by atoms with Crippen LogP contribution in [0.15, 0.2) is 52.2 Å². The molecule has 1 saturated carbocycles. The van der Waals surface area contributed by atoms with Crippen molar-refractivity contribution in [3.8, 4) is 11.4 Å². The number of aryl methyl sites for hydroxylation is 1. The maximum Gasteiger partial charge on any atom is 0.230 e. The third-order valence-electron chi connectivity index (χ3n) is 4.94. The molecule has 3 aromatic rings. The summed E-state index contributed by atoms with van der Waals surface area (Å²) in [7, 11) is 0. The van der Waals surface area contributed by atoms with E-state index in [2.05, 4.69) is 34.6 Å². The number of carbonyl (C=O) groups is 1. The number of nitrogens with one attached hydrogen (secondary N) is 1. The molecule has 1 aromatic carbocycles. The second-order valence-electron chi connectivity index (χ2n) is 7.18. The Morgan fingerprint density at radius 2 is 2.11 bits per heavy atom. The molecule has 1 aliphatic carbocycles. The fraction of sp³-hybridized carbons (Fsp3) is 0.381. The van der Waals surface area contributed by atoms with Crippen LogP contribution in [0.4, 0.5) is 0 Å². The molecular formula is C21H24N4O2S. The number of rotatable bonds is 7. The summed E-state index contributed by atoms with van der Waals surface area (Å²) >= 11 is 1.42. The molecule has 0 atom stereocenters. The van der Waals surface area contributed by atoms with Gasteiger partial charge in [-0.1, -0.05) is 48.4 Å². The Labute approximate surface area is 168 Å². The third kappa shape index (κ3) is 4.47. The Morgan fingerprint density at radius 1 is 1.25 bits per heavy atom. The molecule has 0 saturated heterocycles. The molecule has 1 aliphatic rings. The van der Waals surface area contributed by atoms with Gasteiger partial charge in [-0.2, -0.15) is 0 Å². The van der Waals surface area contributed by atoms with Gasteiger partial charge in [0.1, 0.15) is 5.76 Å². The lowest BCUT2D eigenvalue weighted by atomic mass is 10.1. The number of hydrogen-bond acceptors (Lipinski definition) is 5. The molecule has 0 bridgehead atoms. The van der Waals surface area contributed by atoms with E-state index in [0.29, 0.717) is 18.3 Å². The standard InChI is InChI=1S/C21H24N4O2S/c1-15-6-4-7-16(12-15)20-23-24-21(25(20)13-18-10-5-11-27-18)28-14-19(26)22-17-8-2-3-9-17/h4-7,10-12,17H,2-3,8-9,13-14H2,1H3,(H,22,26). The van der Waals surface area contributed by atoms with E-state index in [0.717, 1.165) is 40.7 Å². The molecule has 1 fully saturated rings. The first-order chi connectivity index (χ1) is 13.7. The molecule has 1 amide bonds. The van der Waals surface area contributed by atoms with E-state index < -0.39 is 0 Å². The second-order valence-corrected chi connectivity index (χ2v) is 8.12. The summed E-state index contributed by atoms with van der Waals surface area (Å²) < 4.78 is 7.54. The number of hydrogen-bond donors (Lipinski definition) is 1. The van der Waals surface area contributed by atoms with Gasteiger partial charge in [-0.15, -0.1) is 10.2 Å². The molecule has 28 heavy (non-hydrogen) atoms. The van der Waals surface area contributed by atoms with Gasteiger partial charge >= 0.3 is 0 Å². The largest absolute Gasteiger partial charge is 0.467 e. The third-order valence-corrected chi connectivity index (χ3v) is 5.91. The molecule has 4 rings (SSSR count). The summed E-state index contributed by atoms with van der Waals surface area (Å²) in [6, 6.07) is 12.3. The van der Waals surface area contributed by atoms with Gasteiger partial charge in [0.25, 0.3) is 0 Å². The average Bonchev–Trinajstić information content (AvgIpc) is 3.43. The number of aromatic nitrogens is 3. The summed E-state index contributed by atoms with van der Waals surface area (Å²) in [6.07, 6.45) is 6.24. The zero-order valence-electron chi connectivity index (χ0n) is 15.9. The summed E-state index contributed by atoms with van der Waals surface area (Å²) in [6.45, 7) is 2.58. The Bertz CT molecular complexity index is 930. The zero-order valence-corrected chi connectivity index (χ0v) is 16.7. The van der Waals surface area contributed by atoms with Crippen LogP contribution in [0.2, 0.25) is 0 Å². The van der Waals surface area contributed by atoms with Crippen LogP contribution in [0, 0.1) is 6.92 Å². The van der Waals surface area contributed by atoms with Crippen LogP contribution in [0.5, 0.6) is 0 Å². The number of thioether (sulfide) groups is 1. The molecule has 0 aliphatic heterocycles. The van der Waals surface area contributed by atoms with Gasteiger partial charge in [-0.3, -0.25) is 9.36 Å². The lowest BCUT2D eigenvalue weighted by molar-refractivity contribution is -0.119. The fourth-order valence-electron chi connectivity index (χ4n) is 3.56. The minimum Gasteiger partial charge on any atom is -0.467 e. The van der Waals surface area contributed by atoms with E-state index in [1.807, 2.05) is 28.8 Å². The molecule has 1 N–H and O–H groups in total. The number of carbonyl (C=O) groups excluding carboxylic acids is 1. The number of benzene rings is 1. The zero-order chi connectivity index (χ0) is 19.3. The van der Waals surface area contributed by atoms with Crippen molar-refractivity contribution in [1.29, 1.82) is 0 Å². The summed E-state index contributed by atoms with van der Waals surface area (Å²) in [5.41, 5.74) is 2.16. The van der Waals surface area contributed by atoms with E-state index in [9.17, 15) is 4.79 Å². The summed E-state index contributed by atoms with van der Waals surface area (Å²) in [5.74, 6) is 1.99. The predicted octanol–water partition coefficient (Wildman–Crippen LogP) is 4.05. The van der Waals surface area contributed by atoms with Gasteiger partial charge in [-0.05, 0) is 38.0 Å². The molecule has 0 unspecified atom stereocenters. The predicted molar refractivity (Wildman–Crippen MR) is 109 cm³/mol. The summed E-state index contributed by atoms with van der Waals surface area (Å²) in [4.78, 5) is 12.3. The van der Waals surface area contributed by atoms with Crippen molar-refractivity contribution in [2.24, 2.45) is 0 Å². The van der Waals surface area contributed by atoms with Crippen molar-refractivity contribution in [3.63, 3.8) is 0 Å². The molecule has 6 nitrogen and oxygen atoms in total. The maximum absolute atomic E-state index is 12.3. The van der Waals surface area contributed by atoms with Crippen molar-refractivity contribution >= 4 is 17.7 Å². The molecule has 0 spiro atoms. The van der Waals surface area contributed by atoms with Crippen molar-refractivity contribution in [3.05, 3.63) is 54.0 Å². The summed E-state index contributed by atoms with van der Waals surface area (Å²) in [5, 5.41) is 12.6. The van der Waals surface area contributed by atoms with E-state index in [1.54, 1.807) is 6.26 Å². The Kier molecular flexibility index (Phi) is 5.81. The first-order valence-corrected chi connectivity index (χ1v) is 10.6. The number of furan rings is 1. The monoisotopic (exact) mass is 396 g/mol. The van der Waals surface area contributed by atoms with Crippen LogP contribution in [0.1, 0.15) is 37.0 Å². The Hall–Kier alpha value is -2.54. The quantitative estimate of drug-likeness (QED) is 0.610. The van der Waals surface area contributed by atoms with Crippen LogP contribution in [0.25, 0.3) is 11.4 Å².